The smallest absolute Gasteiger partial charge is 0.287 e. The van der Waals surface area contributed by atoms with E-state index in [9.17, 15) is 9.59 Å². The third-order valence-corrected chi connectivity index (χ3v) is 5.05. The number of carbonyl (C=O) groups is 2. The first-order valence-electron chi connectivity index (χ1n) is 7.44. The summed E-state index contributed by atoms with van der Waals surface area (Å²) < 4.78 is 5.59. The Morgan fingerprint density at radius 2 is 2.09 bits per heavy atom. The second kappa shape index (κ2) is 7.27. The van der Waals surface area contributed by atoms with Gasteiger partial charge in [0.1, 0.15) is 0 Å². The summed E-state index contributed by atoms with van der Waals surface area (Å²) in [6.45, 7) is -0.124. The number of nitrogens with zero attached hydrogens (tertiary/aromatic N) is 1. The lowest BCUT2D eigenvalue weighted by molar-refractivity contribution is -0.115. The molecule has 0 atom stereocenters. The number of thiazole rings is 1. The number of nitrogens with one attached hydrogen (secondary N) is 2. The van der Waals surface area contributed by atoms with Gasteiger partial charge in [-0.2, -0.15) is 0 Å². The summed E-state index contributed by atoms with van der Waals surface area (Å²) in [6, 6.07) is 3.16. The fraction of sp³-hybridized carbons (Fsp3) is 0.400. The van der Waals surface area contributed by atoms with Crippen LogP contribution in [0.4, 0.5) is 5.13 Å². The first-order valence-corrected chi connectivity index (χ1v) is 9.05. The van der Waals surface area contributed by atoms with Gasteiger partial charge in [0.25, 0.3) is 5.91 Å². The lowest BCUT2D eigenvalue weighted by Gasteiger charge is -2.03. The van der Waals surface area contributed by atoms with Crippen molar-refractivity contribution >= 4 is 44.2 Å². The quantitative estimate of drug-likeness (QED) is 0.776. The van der Waals surface area contributed by atoms with Gasteiger partial charge < -0.3 is 15.1 Å². The fourth-order valence-electron chi connectivity index (χ4n) is 2.43. The molecule has 0 saturated carbocycles. The molecule has 122 valence electrons. The third kappa shape index (κ3) is 4.20. The Morgan fingerprint density at radius 3 is 2.87 bits per heavy atom. The van der Waals surface area contributed by atoms with Crippen molar-refractivity contribution in [2.45, 2.75) is 32.1 Å². The zero-order valence-corrected chi connectivity index (χ0v) is 14.8. The molecule has 0 unspecified atom stereocenters. The molecule has 0 aliphatic heterocycles. The number of anilines is 1. The highest BCUT2D eigenvalue weighted by Gasteiger charge is 2.16. The summed E-state index contributed by atoms with van der Waals surface area (Å²) in [7, 11) is 0. The number of hydrogen-bond acceptors (Lipinski definition) is 5. The van der Waals surface area contributed by atoms with E-state index in [0.29, 0.717) is 9.80 Å². The second-order valence-electron chi connectivity index (χ2n) is 5.28. The Balaban J connectivity index is 1.52. The SMILES string of the molecule is O=C(CNC(=O)c1ccc(Br)o1)Nc1nc2c(s1)CCCCC2. The summed E-state index contributed by atoms with van der Waals surface area (Å²) in [5, 5.41) is 5.87. The van der Waals surface area contributed by atoms with Crippen LogP contribution in [-0.4, -0.2) is 23.3 Å². The third-order valence-electron chi connectivity index (χ3n) is 3.55. The molecular formula is C15H16BrN3O3S. The molecular weight excluding hydrogens is 382 g/mol. The lowest BCUT2D eigenvalue weighted by Crippen LogP contribution is -2.32. The number of fused-ring (bicyclic) bond motifs is 1. The molecule has 1 aliphatic rings. The van der Waals surface area contributed by atoms with Crippen LogP contribution >= 0.6 is 27.3 Å². The van der Waals surface area contributed by atoms with Crippen LogP contribution in [0.5, 0.6) is 0 Å². The van der Waals surface area contributed by atoms with Gasteiger partial charge in [-0.05, 0) is 53.7 Å². The maximum atomic E-state index is 11.9. The average Bonchev–Trinajstić information content (AvgIpc) is 3.05. The molecule has 3 rings (SSSR count). The maximum absolute atomic E-state index is 11.9. The molecule has 0 aromatic carbocycles. The topological polar surface area (TPSA) is 84.2 Å². The van der Waals surface area contributed by atoms with Gasteiger partial charge in [-0.25, -0.2) is 4.98 Å². The predicted molar refractivity (Wildman–Crippen MR) is 90.7 cm³/mol. The largest absolute Gasteiger partial charge is 0.444 e. The fourth-order valence-corrected chi connectivity index (χ4v) is 3.80. The van der Waals surface area contributed by atoms with Crippen LogP contribution in [0.1, 0.15) is 40.4 Å². The van der Waals surface area contributed by atoms with Crippen LogP contribution in [0, 0.1) is 0 Å². The summed E-state index contributed by atoms with van der Waals surface area (Å²) in [4.78, 5) is 29.5. The molecule has 1 aliphatic carbocycles. The number of furan rings is 1. The van der Waals surface area contributed by atoms with Gasteiger partial charge in [-0.1, -0.05) is 6.42 Å². The molecule has 2 amide bonds. The number of carbonyl (C=O) groups excluding carboxylic acids is 2. The van der Waals surface area contributed by atoms with Gasteiger partial charge in [0.05, 0.1) is 12.2 Å². The van der Waals surface area contributed by atoms with Gasteiger partial charge in [0.2, 0.25) is 5.91 Å². The monoisotopic (exact) mass is 397 g/mol. The summed E-state index contributed by atoms with van der Waals surface area (Å²) in [6.07, 6.45) is 5.58. The molecule has 0 spiro atoms. The van der Waals surface area contributed by atoms with Crippen molar-refractivity contribution in [2.75, 3.05) is 11.9 Å². The first kappa shape index (κ1) is 16.2. The van der Waals surface area contributed by atoms with E-state index >= 15 is 0 Å². The van der Waals surface area contributed by atoms with Crippen LogP contribution in [0.2, 0.25) is 0 Å². The second-order valence-corrected chi connectivity index (χ2v) is 7.15. The normalized spacial score (nSPS) is 14.0. The average molecular weight is 398 g/mol. The van der Waals surface area contributed by atoms with Crippen LogP contribution in [0.3, 0.4) is 0 Å². The lowest BCUT2D eigenvalue weighted by atomic mass is 10.2. The molecule has 0 fully saturated rings. The Morgan fingerprint density at radius 1 is 1.26 bits per heavy atom. The molecule has 2 heterocycles. The summed E-state index contributed by atoms with van der Waals surface area (Å²) >= 11 is 4.66. The Kier molecular flexibility index (Phi) is 5.12. The molecule has 0 saturated heterocycles. The number of hydrogen-bond donors (Lipinski definition) is 2. The highest BCUT2D eigenvalue weighted by molar-refractivity contribution is 9.10. The van der Waals surface area contributed by atoms with E-state index in [1.165, 1.54) is 35.1 Å². The first-order chi connectivity index (χ1) is 11.1. The van der Waals surface area contributed by atoms with Crippen molar-refractivity contribution in [3.8, 4) is 0 Å². The van der Waals surface area contributed by atoms with Gasteiger partial charge >= 0.3 is 0 Å². The van der Waals surface area contributed by atoms with Gasteiger partial charge in [-0.3, -0.25) is 9.59 Å². The maximum Gasteiger partial charge on any atom is 0.287 e. The van der Waals surface area contributed by atoms with Crippen LogP contribution in [0.15, 0.2) is 21.2 Å². The molecule has 0 bridgehead atoms. The zero-order chi connectivity index (χ0) is 16.2. The molecule has 6 nitrogen and oxygen atoms in total. The van der Waals surface area contributed by atoms with Crippen molar-refractivity contribution in [2.24, 2.45) is 0 Å². The number of halogens is 1. The molecule has 2 N–H and O–H groups in total. The van der Waals surface area contributed by atoms with E-state index < -0.39 is 5.91 Å². The van der Waals surface area contributed by atoms with Gasteiger partial charge in [0, 0.05) is 4.88 Å². The van der Waals surface area contributed by atoms with Crippen molar-refractivity contribution in [1.29, 1.82) is 0 Å². The highest BCUT2D eigenvalue weighted by atomic mass is 79.9. The van der Waals surface area contributed by atoms with E-state index in [-0.39, 0.29) is 18.2 Å². The minimum absolute atomic E-state index is 0.124. The van der Waals surface area contributed by atoms with E-state index in [1.807, 2.05) is 0 Å². The van der Waals surface area contributed by atoms with E-state index in [1.54, 1.807) is 6.07 Å². The number of aromatic nitrogens is 1. The minimum Gasteiger partial charge on any atom is -0.444 e. The molecule has 23 heavy (non-hydrogen) atoms. The van der Waals surface area contributed by atoms with Crippen LogP contribution in [-0.2, 0) is 17.6 Å². The Bertz CT molecular complexity index is 702. The van der Waals surface area contributed by atoms with Crippen molar-refractivity contribution in [1.82, 2.24) is 10.3 Å². The summed E-state index contributed by atoms with van der Waals surface area (Å²) in [5.74, 6) is -0.570. The van der Waals surface area contributed by atoms with Crippen LogP contribution in [0.25, 0.3) is 0 Å². The Hall–Kier alpha value is -1.67. The standard InChI is InChI=1S/C15H16BrN3O3S/c16-12-7-6-10(22-12)14(21)17-8-13(20)19-15-18-9-4-2-1-3-5-11(9)23-15/h6-7H,1-5,8H2,(H,17,21)(H,18,19,20). The zero-order valence-electron chi connectivity index (χ0n) is 12.4. The molecule has 2 aromatic heterocycles. The van der Waals surface area contributed by atoms with E-state index in [2.05, 4.69) is 31.5 Å². The Labute approximate surface area is 145 Å². The molecule has 8 heteroatoms. The van der Waals surface area contributed by atoms with Crippen molar-refractivity contribution in [3.63, 3.8) is 0 Å². The summed E-state index contributed by atoms with van der Waals surface area (Å²) in [5.41, 5.74) is 1.10. The van der Waals surface area contributed by atoms with Gasteiger partial charge in [-0.15, -0.1) is 11.3 Å². The van der Waals surface area contributed by atoms with E-state index in [0.717, 1.165) is 25.0 Å². The predicted octanol–water partition coefficient (Wildman–Crippen LogP) is 3.14. The highest BCUT2D eigenvalue weighted by Crippen LogP contribution is 2.28. The van der Waals surface area contributed by atoms with E-state index in [4.69, 9.17) is 4.42 Å². The number of aryl methyl sites for hydroxylation is 2. The molecule has 2 aromatic rings. The van der Waals surface area contributed by atoms with Gasteiger partial charge in [0.15, 0.2) is 15.6 Å². The van der Waals surface area contributed by atoms with Crippen LogP contribution < -0.4 is 10.6 Å². The number of amides is 2. The number of rotatable bonds is 4. The molecule has 0 radical (unpaired) electrons. The van der Waals surface area contributed by atoms with Crippen molar-refractivity contribution in [3.05, 3.63) is 33.1 Å². The van der Waals surface area contributed by atoms with Crippen molar-refractivity contribution < 1.29 is 14.0 Å². The minimum atomic E-state index is -0.430.